The maximum atomic E-state index is 12.4. The fourth-order valence-corrected chi connectivity index (χ4v) is 3.39. The van der Waals surface area contributed by atoms with Crippen LogP contribution in [0.25, 0.3) is 11.0 Å². The summed E-state index contributed by atoms with van der Waals surface area (Å²) in [6, 6.07) is 5.49. The maximum absolute atomic E-state index is 12.4. The summed E-state index contributed by atoms with van der Waals surface area (Å²) in [5.41, 5.74) is 1.76. The molecule has 2 heterocycles. The van der Waals surface area contributed by atoms with Gasteiger partial charge in [0.05, 0.1) is 6.54 Å². The third-order valence-corrected chi connectivity index (χ3v) is 5.01. The zero-order valence-corrected chi connectivity index (χ0v) is 14.9. The molecule has 3 rings (SSSR count). The average Bonchev–Trinajstić information content (AvgIpc) is 2.94. The zero-order valence-electron chi connectivity index (χ0n) is 14.2. The predicted octanol–water partition coefficient (Wildman–Crippen LogP) is 3.44. The Hall–Kier alpha value is -2.27. The van der Waals surface area contributed by atoms with E-state index >= 15 is 0 Å². The fourth-order valence-electron chi connectivity index (χ4n) is 3.22. The van der Waals surface area contributed by atoms with Gasteiger partial charge in [0.25, 0.3) is 0 Å². The van der Waals surface area contributed by atoms with E-state index in [-0.39, 0.29) is 17.7 Å². The first kappa shape index (κ1) is 17.5. The summed E-state index contributed by atoms with van der Waals surface area (Å²) < 4.78 is 5.82. The Labute approximate surface area is 151 Å². The SMILES string of the molecule is C=CC(=O)N1CCC(C(=O)NCc2oc3ccc(Cl)cc3c2C)CC1. The average molecular weight is 361 g/mol. The van der Waals surface area contributed by atoms with Crippen molar-refractivity contribution in [1.29, 1.82) is 0 Å². The van der Waals surface area contributed by atoms with Crippen LogP contribution in [0.4, 0.5) is 0 Å². The van der Waals surface area contributed by atoms with Gasteiger partial charge in [0.2, 0.25) is 11.8 Å². The lowest BCUT2D eigenvalue weighted by molar-refractivity contribution is -0.132. The smallest absolute Gasteiger partial charge is 0.245 e. The molecule has 0 spiro atoms. The molecule has 132 valence electrons. The minimum atomic E-state index is -0.0759. The highest BCUT2D eigenvalue weighted by molar-refractivity contribution is 6.31. The predicted molar refractivity (Wildman–Crippen MR) is 97.3 cm³/mol. The molecule has 1 saturated heterocycles. The van der Waals surface area contributed by atoms with Crippen molar-refractivity contribution in [3.8, 4) is 0 Å². The van der Waals surface area contributed by atoms with E-state index in [1.54, 1.807) is 11.0 Å². The van der Waals surface area contributed by atoms with Crippen molar-refractivity contribution >= 4 is 34.4 Å². The molecule has 0 unspecified atom stereocenters. The second-order valence-electron chi connectivity index (χ2n) is 6.31. The number of piperidine rings is 1. The van der Waals surface area contributed by atoms with Crippen molar-refractivity contribution in [2.75, 3.05) is 13.1 Å². The molecule has 1 aromatic carbocycles. The molecule has 1 N–H and O–H groups in total. The standard InChI is InChI=1S/C19H21ClN2O3/c1-3-18(23)22-8-6-13(7-9-22)19(24)21-11-17-12(2)15-10-14(20)4-5-16(15)25-17/h3-5,10,13H,1,6-9,11H2,2H3,(H,21,24). The van der Waals surface area contributed by atoms with Gasteiger partial charge in [-0.3, -0.25) is 9.59 Å². The third-order valence-electron chi connectivity index (χ3n) is 4.77. The number of carbonyl (C=O) groups excluding carboxylic acids is 2. The molecule has 0 aliphatic carbocycles. The van der Waals surface area contributed by atoms with Crippen LogP contribution in [0.2, 0.25) is 5.02 Å². The molecule has 0 saturated carbocycles. The van der Waals surface area contributed by atoms with Crippen molar-refractivity contribution in [2.24, 2.45) is 5.92 Å². The first-order valence-electron chi connectivity index (χ1n) is 8.36. The monoisotopic (exact) mass is 360 g/mol. The van der Waals surface area contributed by atoms with Gasteiger partial charge >= 0.3 is 0 Å². The Morgan fingerprint density at radius 2 is 2.12 bits per heavy atom. The van der Waals surface area contributed by atoms with Gasteiger partial charge in [-0.05, 0) is 44.0 Å². The topological polar surface area (TPSA) is 62.6 Å². The van der Waals surface area contributed by atoms with Gasteiger partial charge in [0.15, 0.2) is 0 Å². The van der Waals surface area contributed by atoms with E-state index in [0.29, 0.717) is 37.5 Å². The van der Waals surface area contributed by atoms with Crippen LogP contribution < -0.4 is 5.32 Å². The van der Waals surface area contributed by atoms with Crippen LogP contribution in [0.5, 0.6) is 0 Å². The van der Waals surface area contributed by atoms with Crippen molar-refractivity contribution in [3.05, 3.63) is 47.2 Å². The maximum Gasteiger partial charge on any atom is 0.245 e. The largest absolute Gasteiger partial charge is 0.459 e. The molecule has 0 bridgehead atoms. The number of benzene rings is 1. The molecule has 2 aromatic rings. The van der Waals surface area contributed by atoms with Crippen LogP contribution in [-0.4, -0.2) is 29.8 Å². The zero-order chi connectivity index (χ0) is 18.0. The highest BCUT2D eigenvalue weighted by Crippen LogP contribution is 2.28. The minimum Gasteiger partial charge on any atom is -0.459 e. The second kappa shape index (κ2) is 7.31. The lowest BCUT2D eigenvalue weighted by Gasteiger charge is -2.30. The van der Waals surface area contributed by atoms with Crippen LogP contribution in [-0.2, 0) is 16.1 Å². The van der Waals surface area contributed by atoms with Crippen LogP contribution in [0.3, 0.4) is 0 Å². The number of fused-ring (bicyclic) bond motifs is 1. The van der Waals surface area contributed by atoms with Crippen LogP contribution in [0, 0.1) is 12.8 Å². The van der Waals surface area contributed by atoms with Gasteiger partial charge < -0.3 is 14.6 Å². The summed E-state index contributed by atoms with van der Waals surface area (Å²) in [6.45, 7) is 6.98. The quantitative estimate of drug-likeness (QED) is 0.849. The van der Waals surface area contributed by atoms with E-state index < -0.39 is 0 Å². The van der Waals surface area contributed by atoms with Gasteiger partial charge in [-0.2, -0.15) is 0 Å². The fraction of sp³-hybridized carbons (Fsp3) is 0.368. The summed E-state index contributed by atoms with van der Waals surface area (Å²) in [7, 11) is 0. The first-order chi connectivity index (χ1) is 12.0. The summed E-state index contributed by atoms with van der Waals surface area (Å²) in [5.74, 6) is 0.594. The van der Waals surface area contributed by atoms with Gasteiger partial charge in [-0.1, -0.05) is 18.2 Å². The number of carbonyl (C=O) groups is 2. The summed E-state index contributed by atoms with van der Waals surface area (Å²) in [6.07, 6.45) is 2.65. The van der Waals surface area contributed by atoms with Gasteiger partial charge in [0.1, 0.15) is 11.3 Å². The summed E-state index contributed by atoms with van der Waals surface area (Å²) in [5, 5.41) is 4.58. The Morgan fingerprint density at radius 1 is 1.40 bits per heavy atom. The Morgan fingerprint density at radius 3 is 2.80 bits per heavy atom. The number of hydrogen-bond acceptors (Lipinski definition) is 3. The van der Waals surface area contributed by atoms with Crippen molar-refractivity contribution in [3.63, 3.8) is 0 Å². The van der Waals surface area contributed by atoms with E-state index in [0.717, 1.165) is 22.3 Å². The molecule has 5 nitrogen and oxygen atoms in total. The number of nitrogens with one attached hydrogen (secondary N) is 1. The number of furan rings is 1. The van der Waals surface area contributed by atoms with Crippen LogP contribution in [0.1, 0.15) is 24.2 Å². The Bertz CT molecular complexity index is 819. The molecule has 1 aromatic heterocycles. The van der Waals surface area contributed by atoms with Crippen molar-refractivity contribution < 1.29 is 14.0 Å². The number of hydrogen-bond donors (Lipinski definition) is 1. The van der Waals surface area contributed by atoms with E-state index in [1.165, 1.54) is 6.08 Å². The van der Waals surface area contributed by atoms with Gasteiger partial charge in [-0.15, -0.1) is 0 Å². The molecule has 6 heteroatoms. The minimum absolute atomic E-state index is 0.00332. The van der Waals surface area contributed by atoms with Crippen LogP contribution in [0.15, 0.2) is 35.3 Å². The number of halogens is 1. The Balaban J connectivity index is 1.59. The summed E-state index contributed by atoms with van der Waals surface area (Å²) in [4.78, 5) is 25.7. The molecule has 0 atom stereocenters. The van der Waals surface area contributed by atoms with Gasteiger partial charge in [0, 0.05) is 35.0 Å². The molecule has 1 aliphatic heterocycles. The molecule has 1 aliphatic rings. The molecule has 0 radical (unpaired) electrons. The number of aryl methyl sites for hydroxylation is 1. The number of amides is 2. The van der Waals surface area contributed by atoms with Crippen molar-refractivity contribution in [1.82, 2.24) is 10.2 Å². The van der Waals surface area contributed by atoms with E-state index in [2.05, 4.69) is 11.9 Å². The Kier molecular flexibility index (Phi) is 5.13. The van der Waals surface area contributed by atoms with E-state index in [1.807, 2.05) is 19.1 Å². The highest BCUT2D eigenvalue weighted by Gasteiger charge is 2.26. The highest BCUT2D eigenvalue weighted by atomic mass is 35.5. The molecule has 2 amide bonds. The number of likely N-dealkylation sites (tertiary alicyclic amines) is 1. The van der Waals surface area contributed by atoms with Crippen molar-refractivity contribution in [2.45, 2.75) is 26.3 Å². The second-order valence-corrected chi connectivity index (χ2v) is 6.75. The summed E-state index contributed by atoms with van der Waals surface area (Å²) >= 11 is 6.03. The first-order valence-corrected chi connectivity index (χ1v) is 8.74. The number of nitrogens with zero attached hydrogens (tertiary/aromatic N) is 1. The molecular formula is C19H21ClN2O3. The van der Waals surface area contributed by atoms with Gasteiger partial charge in [-0.25, -0.2) is 0 Å². The van der Waals surface area contributed by atoms with E-state index in [4.69, 9.17) is 16.0 Å². The van der Waals surface area contributed by atoms with Crippen LogP contribution >= 0.6 is 11.6 Å². The normalized spacial score (nSPS) is 15.4. The lowest BCUT2D eigenvalue weighted by atomic mass is 9.96. The molecule has 1 fully saturated rings. The lowest BCUT2D eigenvalue weighted by Crippen LogP contribution is -2.42. The number of rotatable bonds is 4. The molecule has 25 heavy (non-hydrogen) atoms. The molecular weight excluding hydrogens is 340 g/mol. The third kappa shape index (κ3) is 3.71. The van der Waals surface area contributed by atoms with E-state index in [9.17, 15) is 9.59 Å².